The van der Waals surface area contributed by atoms with Crippen LogP contribution in [-0.4, -0.2) is 43.4 Å². The largest absolute Gasteiger partial charge is 0.493 e. The standard InChI is InChI=1S/C24H22N4O5S2/c1-16-7-10-18(11-8-16)35(30,31)33-21-12-9-17(13-22(21)32-2)14-25-28-23(29)15-34-24-26-19-5-3-4-6-20(19)27-24/h3-14H,15H2,1-2H3,(H,26,27)(H,28,29)/b25-14-. The Hall–Kier alpha value is -3.83. The summed E-state index contributed by atoms with van der Waals surface area (Å²) in [5.41, 5.74) is 5.70. The molecule has 0 saturated heterocycles. The van der Waals surface area contributed by atoms with Gasteiger partial charge in [-0.15, -0.1) is 0 Å². The van der Waals surface area contributed by atoms with E-state index in [0.29, 0.717) is 10.7 Å². The number of nitrogens with one attached hydrogen (secondary N) is 2. The molecule has 0 unspecified atom stereocenters. The Morgan fingerprint density at radius 2 is 1.89 bits per heavy atom. The van der Waals surface area contributed by atoms with Gasteiger partial charge in [0.1, 0.15) is 4.90 Å². The van der Waals surface area contributed by atoms with Gasteiger partial charge in [-0.3, -0.25) is 4.79 Å². The van der Waals surface area contributed by atoms with Crippen LogP contribution >= 0.6 is 11.8 Å². The minimum atomic E-state index is -4.02. The van der Waals surface area contributed by atoms with E-state index in [9.17, 15) is 13.2 Å². The van der Waals surface area contributed by atoms with Gasteiger partial charge in [0.2, 0.25) is 0 Å². The predicted octanol–water partition coefficient (Wildman–Crippen LogP) is 3.89. The van der Waals surface area contributed by atoms with Crippen LogP contribution < -0.4 is 14.3 Å². The number of aromatic amines is 1. The van der Waals surface area contributed by atoms with Crippen LogP contribution in [0.5, 0.6) is 11.5 Å². The normalized spacial score (nSPS) is 11.6. The number of aromatic nitrogens is 2. The maximum Gasteiger partial charge on any atom is 0.339 e. The molecule has 0 bridgehead atoms. The van der Waals surface area contributed by atoms with Crippen LogP contribution in [0.15, 0.2) is 81.9 Å². The van der Waals surface area contributed by atoms with E-state index in [1.807, 2.05) is 31.2 Å². The molecule has 0 aliphatic heterocycles. The average Bonchev–Trinajstić information content (AvgIpc) is 3.27. The molecule has 3 aromatic carbocycles. The summed E-state index contributed by atoms with van der Waals surface area (Å²) in [7, 11) is -2.62. The van der Waals surface area contributed by atoms with Crippen molar-refractivity contribution in [1.29, 1.82) is 0 Å². The predicted molar refractivity (Wildman–Crippen MR) is 135 cm³/mol. The van der Waals surface area contributed by atoms with Crippen molar-refractivity contribution in [3.05, 3.63) is 77.9 Å². The van der Waals surface area contributed by atoms with Crippen molar-refractivity contribution >= 4 is 45.0 Å². The third-order valence-corrected chi connectivity index (χ3v) is 6.93. The lowest BCUT2D eigenvalue weighted by Crippen LogP contribution is -2.19. The van der Waals surface area contributed by atoms with Crippen molar-refractivity contribution in [2.45, 2.75) is 17.0 Å². The molecule has 4 aromatic rings. The second-order valence-corrected chi connectivity index (χ2v) is 9.91. The molecule has 4 rings (SSSR count). The molecular weight excluding hydrogens is 488 g/mol. The van der Waals surface area contributed by atoms with E-state index in [4.69, 9.17) is 8.92 Å². The summed E-state index contributed by atoms with van der Waals surface area (Å²) in [5.74, 6) is 0.0696. The van der Waals surface area contributed by atoms with Crippen LogP contribution in [0.3, 0.4) is 0 Å². The number of imidazole rings is 1. The fourth-order valence-corrected chi connectivity index (χ4v) is 4.66. The number of nitrogens with zero attached hydrogens (tertiary/aromatic N) is 2. The molecule has 0 fully saturated rings. The highest BCUT2D eigenvalue weighted by Crippen LogP contribution is 2.30. The summed E-state index contributed by atoms with van der Waals surface area (Å²) in [6.07, 6.45) is 1.42. The van der Waals surface area contributed by atoms with E-state index in [0.717, 1.165) is 16.6 Å². The number of methoxy groups -OCH3 is 1. The topological polar surface area (TPSA) is 123 Å². The third-order valence-electron chi connectivity index (χ3n) is 4.81. The Morgan fingerprint density at radius 1 is 1.11 bits per heavy atom. The number of hydrogen-bond acceptors (Lipinski definition) is 8. The number of aryl methyl sites for hydroxylation is 1. The van der Waals surface area contributed by atoms with Crippen LogP contribution in [0.4, 0.5) is 0 Å². The first kappa shape index (κ1) is 24.3. The Bertz CT molecular complexity index is 1450. The third kappa shape index (κ3) is 6.19. The zero-order chi connectivity index (χ0) is 24.8. The number of carbonyl (C=O) groups excluding carboxylic acids is 1. The lowest BCUT2D eigenvalue weighted by atomic mass is 10.2. The first-order valence-corrected chi connectivity index (χ1v) is 12.8. The van der Waals surface area contributed by atoms with E-state index in [1.165, 1.54) is 43.3 Å². The number of hydrogen-bond donors (Lipinski definition) is 2. The van der Waals surface area contributed by atoms with Crippen LogP contribution in [0.2, 0.25) is 0 Å². The molecule has 0 saturated carbocycles. The van der Waals surface area contributed by atoms with Crippen LogP contribution in [0.1, 0.15) is 11.1 Å². The number of thioether (sulfide) groups is 1. The summed E-state index contributed by atoms with van der Waals surface area (Å²) in [6.45, 7) is 1.86. The number of carbonyl (C=O) groups is 1. The second kappa shape index (κ2) is 10.6. The number of rotatable bonds is 9. The number of para-hydroxylation sites is 2. The Labute approximate surface area is 206 Å². The summed E-state index contributed by atoms with van der Waals surface area (Å²) in [6, 6.07) is 18.6. The molecule has 11 heteroatoms. The number of ether oxygens (including phenoxy) is 1. The Morgan fingerprint density at radius 3 is 2.63 bits per heavy atom. The smallest absolute Gasteiger partial charge is 0.339 e. The molecule has 1 aromatic heterocycles. The highest BCUT2D eigenvalue weighted by molar-refractivity contribution is 7.99. The van der Waals surface area contributed by atoms with Gasteiger partial charge >= 0.3 is 10.1 Å². The van der Waals surface area contributed by atoms with Crippen LogP contribution in [-0.2, 0) is 14.9 Å². The summed E-state index contributed by atoms with van der Waals surface area (Å²) < 4.78 is 35.7. The van der Waals surface area contributed by atoms with Crippen molar-refractivity contribution in [3.63, 3.8) is 0 Å². The van der Waals surface area contributed by atoms with Crippen molar-refractivity contribution < 1.29 is 22.1 Å². The highest BCUT2D eigenvalue weighted by Gasteiger charge is 2.19. The number of hydrazone groups is 1. The first-order chi connectivity index (χ1) is 16.8. The van der Waals surface area contributed by atoms with E-state index in [-0.39, 0.29) is 28.1 Å². The van der Waals surface area contributed by atoms with Gasteiger partial charge in [0.05, 0.1) is 30.1 Å². The van der Waals surface area contributed by atoms with Gasteiger partial charge in [-0.1, -0.05) is 41.6 Å². The van der Waals surface area contributed by atoms with E-state index in [2.05, 4.69) is 20.5 Å². The van der Waals surface area contributed by atoms with Crippen LogP contribution in [0, 0.1) is 6.92 Å². The quantitative estimate of drug-likeness (QED) is 0.152. The van der Waals surface area contributed by atoms with Crippen molar-refractivity contribution in [2.24, 2.45) is 5.10 Å². The SMILES string of the molecule is COc1cc(/C=N\NC(=O)CSc2nc3ccccc3[nH]2)ccc1OS(=O)(=O)c1ccc(C)cc1. The Balaban J connectivity index is 1.35. The zero-order valence-corrected chi connectivity index (χ0v) is 20.5. The van der Waals surface area contributed by atoms with E-state index in [1.54, 1.807) is 24.3 Å². The summed E-state index contributed by atoms with van der Waals surface area (Å²) >= 11 is 1.27. The molecule has 0 radical (unpaired) electrons. The van der Waals surface area contributed by atoms with E-state index >= 15 is 0 Å². The molecule has 0 aliphatic carbocycles. The van der Waals surface area contributed by atoms with Crippen molar-refractivity contribution in [3.8, 4) is 11.5 Å². The molecule has 0 aliphatic rings. The fourth-order valence-electron chi connectivity index (χ4n) is 3.05. The molecule has 1 heterocycles. The van der Waals surface area contributed by atoms with Gasteiger partial charge in [-0.2, -0.15) is 13.5 Å². The zero-order valence-electron chi connectivity index (χ0n) is 18.9. The summed E-state index contributed by atoms with van der Waals surface area (Å²) in [5, 5.41) is 4.59. The molecule has 1 amide bonds. The van der Waals surface area contributed by atoms with Crippen molar-refractivity contribution in [1.82, 2.24) is 15.4 Å². The average molecular weight is 511 g/mol. The van der Waals surface area contributed by atoms with Gasteiger partial charge in [-0.25, -0.2) is 10.4 Å². The monoisotopic (exact) mass is 510 g/mol. The molecule has 2 N–H and O–H groups in total. The first-order valence-electron chi connectivity index (χ1n) is 10.4. The maximum absolute atomic E-state index is 12.6. The number of H-pyrrole nitrogens is 1. The van der Waals surface area contributed by atoms with Crippen LogP contribution in [0.25, 0.3) is 11.0 Å². The molecule has 35 heavy (non-hydrogen) atoms. The maximum atomic E-state index is 12.6. The second-order valence-electron chi connectivity index (χ2n) is 7.40. The lowest BCUT2D eigenvalue weighted by molar-refractivity contribution is -0.118. The number of amides is 1. The summed E-state index contributed by atoms with van der Waals surface area (Å²) in [4.78, 5) is 19.7. The minimum Gasteiger partial charge on any atom is -0.493 e. The van der Waals surface area contributed by atoms with Gasteiger partial charge in [0.25, 0.3) is 5.91 Å². The van der Waals surface area contributed by atoms with E-state index < -0.39 is 10.1 Å². The highest BCUT2D eigenvalue weighted by atomic mass is 32.2. The number of benzene rings is 3. The van der Waals surface area contributed by atoms with Gasteiger partial charge < -0.3 is 13.9 Å². The van der Waals surface area contributed by atoms with Gasteiger partial charge in [0.15, 0.2) is 16.7 Å². The minimum absolute atomic E-state index is 0.0384. The molecule has 180 valence electrons. The fraction of sp³-hybridized carbons (Fsp3) is 0.125. The molecule has 9 nitrogen and oxygen atoms in total. The molecule has 0 atom stereocenters. The van der Waals surface area contributed by atoms with Gasteiger partial charge in [0, 0.05) is 0 Å². The number of fused-ring (bicyclic) bond motifs is 1. The van der Waals surface area contributed by atoms with Crippen molar-refractivity contribution in [2.75, 3.05) is 12.9 Å². The molecule has 0 spiro atoms. The lowest BCUT2D eigenvalue weighted by Gasteiger charge is -2.11. The Kier molecular flexibility index (Phi) is 7.37. The molecular formula is C24H22N4O5S2. The van der Waals surface area contributed by atoms with Gasteiger partial charge in [-0.05, 0) is 55.0 Å².